The molecule has 1 atom stereocenters. The van der Waals surface area contributed by atoms with Gasteiger partial charge in [0.25, 0.3) is 5.91 Å². The van der Waals surface area contributed by atoms with E-state index in [1.54, 1.807) is 24.3 Å². The van der Waals surface area contributed by atoms with Crippen molar-refractivity contribution in [3.05, 3.63) is 101 Å². The average molecular weight is 570 g/mol. The highest BCUT2D eigenvalue weighted by atomic mass is 32.1. The number of amides is 2. The maximum atomic E-state index is 13.5. The number of alkyl halides is 3. The van der Waals surface area contributed by atoms with Crippen molar-refractivity contribution in [1.82, 2.24) is 15.2 Å². The molecule has 2 N–H and O–H groups in total. The molecule has 4 rings (SSSR count). The van der Waals surface area contributed by atoms with Crippen molar-refractivity contribution in [2.75, 3.05) is 6.54 Å². The predicted octanol–water partition coefficient (Wildman–Crippen LogP) is 6.65. The molecule has 0 aliphatic rings. The van der Waals surface area contributed by atoms with Crippen LogP contribution in [-0.4, -0.2) is 45.4 Å². The Kier molecular flexibility index (Phi) is 9.15. The van der Waals surface area contributed by atoms with Crippen molar-refractivity contribution in [2.24, 2.45) is 0 Å². The maximum absolute atomic E-state index is 13.5. The summed E-state index contributed by atoms with van der Waals surface area (Å²) in [6.45, 7) is 0.367. The van der Waals surface area contributed by atoms with E-state index in [1.807, 2.05) is 30.3 Å². The van der Waals surface area contributed by atoms with Gasteiger partial charge in [-0.25, -0.2) is 9.78 Å². The van der Waals surface area contributed by atoms with Crippen molar-refractivity contribution < 1.29 is 32.7 Å². The summed E-state index contributed by atoms with van der Waals surface area (Å²) in [5.74, 6) is -1.54. The second kappa shape index (κ2) is 12.7. The first kappa shape index (κ1) is 28.8. The van der Waals surface area contributed by atoms with Crippen molar-refractivity contribution in [1.29, 1.82) is 0 Å². The minimum absolute atomic E-state index is 0.0908. The molecule has 0 radical (unpaired) electrons. The fourth-order valence-corrected chi connectivity index (χ4v) is 5.22. The lowest BCUT2D eigenvalue weighted by atomic mass is 10.0. The van der Waals surface area contributed by atoms with Crippen LogP contribution in [0.1, 0.15) is 50.5 Å². The summed E-state index contributed by atoms with van der Waals surface area (Å²) in [6, 6.07) is 19.4. The van der Waals surface area contributed by atoms with E-state index in [-0.39, 0.29) is 24.5 Å². The predicted molar refractivity (Wildman–Crippen MR) is 145 cm³/mol. The first-order valence-corrected chi connectivity index (χ1v) is 13.3. The second-order valence-electron chi connectivity index (χ2n) is 9.11. The minimum Gasteiger partial charge on any atom is -0.465 e. The number of benzene rings is 3. The molecule has 1 aromatic heterocycles. The van der Waals surface area contributed by atoms with Crippen LogP contribution in [0.5, 0.6) is 0 Å². The molecule has 11 heteroatoms. The summed E-state index contributed by atoms with van der Waals surface area (Å²) in [5, 5.41) is 12.2. The highest BCUT2D eigenvalue weighted by Crippen LogP contribution is 2.32. The monoisotopic (exact) mass is 569 g/mol. The van der Waals surface area contributed by atoms with Crippen molar-refractivity contribution >= 4 is 39.3 Å². The average Bonchev–Trinajstić information content (AvgIpc) is 3.38. The van der Waals surface area contributed by atoms with Crippen LogP contribution in [-0.2, 0) is 12.7 Å². The highest BCUT2D eigenvalue weighted by molar-refractivity contribution is 7.20. The third-order valence-corrected chi connectivity index (χ3v) is 7.31. The molecule has 0 saturated carbocycles. The Morgan fingerprint density at radius 3 is 2.30 bits per heavy atom. The normalized spacial score (nSPS) is 12.2. The number of para-hydroxylation sites is 1. The van der Waals surface area contributed by atoms with Crippen molar-refractivity contribution in [3.63, 3.8) is 0 Å². The third-order valence-electron chi connectivity index (χ3n) is 6.26. The number of carbonyl (C=O) groups excluding carboxylic acids is 2. The standard InChI is InChI=1S/C29H26F3N3O4S/c30-29(31,32)21-13-5-4-12-20(21)26(37)33-23(25(36)27-34-22-14-6-7-16-24(22)40-27)15-8-9-17-35(28(38)39)18-19-10-2-1-3-11-19/h1-7,10-14,16,23H,8-9,15,17-18H2,(H,33,37)(H,38,39). The molecule has 40 heavy (non-hydrogen) atoms. The maximum Gasteiger partial charge on any atom is 0.417 e. The zero-order chi connectivity index (χ0) is 28.7. The molecule has 0 bridgehead atoms. The van der Waals surface area contributed by atoms with Gasteiger partial charge < -0.3 is 15.3 Å². The van der Waals surface area contributed by atoms with Crippen molar-refractivity contribution in [3.8, 4) is 0 Å². The zero-order valence-corrected chi connectivity index (χ0v) is 22.0. The van der Waals surface area contributed by atoms with Crippen LogP contribution in [0.2, 0.25) is 0 Å². The van der Waals surface area contributed by atoms with Crippen LogP contribution in [0, 0.1) is 0 Å². The number of halogens is 3. The summed E-state index contributed by atoms with van der Waals surface area (Å²) in [7, 11) is 0. The number of nitrogens with one attached hydrogen (secondary N) is 1. The van der Waals surface area contributed by atoms with Gasteiger partial charge in [0.2, 0.25) is 5.78 Å². The van der Waals surface area contributed by atoms with Gasteiger partial charge in [0.05, 0.1) is 27.4 Å². The summed E-state index contributed by atoms with van der Waals surface area (Å²) >= 11 is 1.14. The number of unbranched alkanes of at least 4 members (excludes halogenated alkanes) is 1. The van der Waals surface area contributed by atoms with Gasteiger partial charge in [-0.3, -0.25) is 9.59 Å². The summed E-state index contributed by atoms with van der Waals surface area (Å²) in [6.07, 6.45) is -5.05. The molecule has 7 nitrogen and oxygen atoms in total. The Labute approximate surface area is 232 Å². The summed E-state index contributed by atoms with van der Waals surface area (Å²) in [4.78, 5) is 43.8. The molecule has 1 unspecified atom stereocenters. The lowest BCUT2D eigenvalue weighted by Gasteiger charge is -2.21. The zero-order valence-electron chi connectivity index (χ0n) is 21.2. The van der Waals surface area contributed by atoms with E-state index in [0.717, 1.165) is 33.7 Å². The van der Waals surface area contributed by atoms with Gasteiger partial charge in [-0.1, -0.05) is 54.6 Å². The van der Waals surface area contributed by atoms with E-state index in [0.29, 0.717) is 18.4 Å². The van der Waals surface area contributed by atoms with E-state index in [2.05, 4.69) is 10.3 Å². The molecular formula is C29H26F3N3O4S. The number of aromatic nitrogens is 1. The number of fused-ring (bicyclic) bond motifs is 1. The van der Waals surface area contributed by atoms with Crippen LogP contribution in [0.3, 0.4) is 0 Å². The minimum atomic E-state index is -4.75. The molecule has 208 valence electrons. The molecule has 0 aliphatic heterocycles. The van der Waals surface area contributed by atoms with Crippen LogP contribution in [0.25, 0.3) is 10.2 Å². The SMILES string of the molecule is O=C(NC(CCCCN(Cc1ccccc1)C(=O)O)C(=O)c1nc2ccccc2s1)c1ccccc1C(F)(F)F. The topological polar surface area (TPSA) is 99.6 Å². The van der Waals surface area contributed by atoms with Gasteiger partial charge in [0.15, 0.2) is 5.01 Å². The largest absolute Gasteiger partial charge is 0.465 e. The van der Waals surface area contributed by atoms with Crippen molar-refractivity contribution in [2.45, 2.75) is 38.0 Å². The van der Waals surface area contributed by atoms with Crippen LogP contribution in [0.4, 0.5) is 18.0 Å². The molecule has 0 spiro atoms. The Hall–Kier alpha value is -4.25. The molecule has 2 amide bonds. The third kappa shape index (κ3) is 7.23. The number of ketones is 1. The smallest absolute Gasteiger partial charge is 0.417 e. The first-order chi connectivity index (χ1) is 19.1. The molecule has 1 heterocycles. The van der Waals surface area contributed by atoms with E-state index < -0.39 is 41.1 Å². The van der Waals surface area contributed by atoms with Gasteiger partial charge >= 0.3 is 12.3 Å². The quantitative estimate of drug-likeness (QED) is 0.156. The highest BCUT2D eigenvalue weighted by Gasteiger charge is 2.36. The lowest BCUT2D eigenvalue weighted by molar-refractivity contribution is -0.137. The van der Waals surface area contributed by atoms with Crippen LogP contribution >= 0.6 is 11.3 Å². The molecular weight excluding hydrogens is 543 g/mol. The number of carboxylic acid groups (broad SMARTS) is 1. The Bertz CT molecular complexity index is 1460. The van der Waals surface area contributed by atoms with Crippen LogP contribution in [0.15, 0.2) is 78.9 Å². The van der Waals surface area contributed by atoms with Gasteiger partial charge in [0.1, 0.15) is 0 Å². The Morgan fingerprint density at radius 1 is 0.925 bits per heavy atom. The van der Waals surface area contributed by atoms with E-state index in [1.165, 1.54) is 17.0 Å². The fourth-order valence-electron chi connectivity index (χ4n) is 4.26. The van der Waals surface area contributed by atoms with E-state index in [4.69, 9.17) is 0 Å². The van der Waals surface area contributed by atoms with E-state index >= 15 is 0 Å². The molecule has 0 aliphatic carbocycles. The number of thiazole rings is 1. The Balaban J connectivity index is 1.49. The van der Waals surface area contributed by atoms with Gasteiger partial charge in [-0.15, -0.1) is 11.3 Å². The molecule has 0 fully saturated rings. The number of rotatable bonds is 11. The van der Waals surface area contributed by atoms with Gasteiger partial charge in [-0.05, 0) is 49.1 Å². The summed E-state index contributed by atoms with van der Waals surface area (Å²) in [5.41, 5.74) is -0.264. The van der Waals surface area contributed by atoms with E-state index in [9.17, 15) is 32.7 Å². The number of Topliss-reactive ketones (excluding diaryl/α,β-unsaturated/α-hetero) is 1. The first-order valence-electron chi connectivity index (χ1n) is 12.5. The molecule has 0 saturated heterocycles. The fraction of sp³-hybridized carbons (Fsp3) is 0.241. The van der Waals surface area contributed by atoms with Gasteiger partial charge in [0, 0.05) is 13.1 Å². The van der Waals surface area contributed by atoms with Gasteiger partial charge in [-0.2, -0.15) is 13.2 Å². The number of nitrogens with zero attached hydrogens (tertiary/aromatic N) is 2. The summed E-state index contributed by atoms with van der Waals surface area (Å²) < 4.78 is 41.3. The van der Waals surface area contributed by atoms with Crippen LogP contribution < -0.4 is 5.32 Å². The second-order valence-corrected chi connectivity index (χ2v) is 10.1. The number of hydrogen-bond donors (Lipinski definition) is 2. The number of hydrogen-bond acceptors (Lipinski definition) is 5. The number of carbonyl (C=O) groups is 3. The lowest BCUT2D eigenvalue weighted by Crippen LogP contribution is -2.41. The molecule has 3 aromatic carbocycles. The molecule has 4 aromatic rings. The Morgan fingerprint density at radius 2 is 1.60 bits per heavy atom.